The summed E-state index contributed by atoms with van der Waals surface area (Å²) < 4.78 is 4.92. The number of ether oxygens (including phenoxy) is 1. The molecule has 1 atom stereocenters. The maximum absolute atomic E-state index is 11.8. The second-order valence-electron chi connectivity index (χ2n) is 4.02. The molecule has 0 saturated carbocycles. The SMILES string of the molecule is COc1ncc(NC(=O)[C@@H](N)CCSC)cc1C(N)=O.Cl.Cl. The second-order valence-corrected chi connectivity index (χ2v) is 5.01. The molecule has 5 N–H and O–H groups in total. The molecule has 1 aromatic heterocycles. The molecule has 0 unspecified atom stereocenters. The summed E-state index contributed by atoms with van der Waals surface area (Å²) in [5.41, 5.74) is 11.4. The van der Waals surface area contributed by atoms with Crippen LogP contribution in [0.1, 0.15) is 16.8 Å². The van der Waals surface area contributed by atoms with Crippen molar-refractivity contribution in [2.45, 2.75) is 12.5 Å². The number of rotatable bonds is 7. The Bertz CT molecular complexity index is 505. The molecule has 0 bridgehead atoms. The Balaban J connectivity index is 0. The quantitative estimate of drug-likeness (QED) is 0.659. The molecular weight excluding hydrogens is 351 g/mol. The highest BCUT2D eigenvalue weighted by Crippen LogP contribution is 2.18. The van der Waals surface area contributed by atoms with Crippen molar-refractivity contribution >= 4 is 54.1 Å². The lowest BCUT2D eigenvalue weighted by Gasteiger charge is -2.12. The number of nitrogens with one attached hydrogen (secondary N) is 1. The molecule has 2 amide bonds. The Morgan fingerprint density at radius 3 is 2.59 bits per heavy atom. The summed E-state index contributed by atoms with van der Waals surface area (Å²) in [7, 11) is 1.38. The zero-order chi connectivity index (χ0) is 15.1. The first-order valence-corrected chi connectivity index (χ1v) is 7.28. The molecule has 1 rings (SSSR count). The van der Waals surface area contributed by atoms with Gasteiger partial charge < -0.3 is 21.5 Å². The van der Waals surface area contributed by atoms with Crippen LogP contribution in [0.2, 0.25) is 0 Å². The van der Waals surface area contributed by atoms with Crippen molar-refractivity contribution in [3.05, 3.63) is 17.8 Å². The van der Waals surface area contributed by atoms with E-state index < -0.39 is 11.9 Å². The van der Waals surface area contributed by atoms with Crippen LogP contribution in [0.4, 0.5) is 5.69 Å². The van der Waals surface area contributed by atoms with Gasteiger partial charge in [-0.3, -0.25) is 9.59 Å². The van der Waals surface area contributed by atoms with Gasteiger partial charge in [0, 0.05) is 0 Å². The van der Waals surface area contributed by atoms with Gasteiger partial charge in [0.05, 0.1) is 25.0 Å². The Kier molecular flexibility index (Phi) is 11.9. The lowest BCUT2D eigenvalue weighted by molar-refractivity contribution is -0.117. The van der Waals surface area contributed by atoms with Crippen LogP contribution >= 0.6 is 36.6 Å². The summed E-state index contributed by atoms with van der Waals surface area (Å²) in [5, 5.41) is 2.60. The molecule has 7 nitrogen and oxygen atoms in total. The Hall–Kier alpha value is -1.22. The fourth-order valence-corrected chi connectivity index (χ4v) is 1.96. The number of primary amides is 1. The largest absolute Gasteiger partial charge is 0.480 e. The molecular formula is C12H20Cl2N4O3S. The topological polar surface area (TPSA) is 120 Å². The third-order valence-electron chi connectivity index (χ3n) is 2.55. The minimum atomic E-state index is -0.683. The van der Waals surface area contributed by atoms with Gasteiger partial charge in [-0.05, 0) is 24.5 Å². The zero-order valence-corrected chi connectivity index (χ0v) is 14.6. The number of halogens is 2. The molecule has 0 aromatic carbocycles. The molecule has 0 aliphatic carbocycles. The number of carbonyl (C=O) groups excluding carboxylic acids is 2. The van der Waals surface area contributed by atoms with E-state index in [2.05, 4.69) is 10.3 Å². The summed E-state index contributed by atoms with van der Waals surface area (Å²) in [5.74, 6) is -0.108. The third-order valence-corrected chi connectivity index (χ3v) is 3.19. The van der Waals surface area contributed by atoms with E-state index in [-0.39, 0.29) is 42.2 Å². The fraction of sp³-hybridized carbons (Fsp3) is 0.417. The maximum Gasteiger partial charge on any atom is 0.254 e. The number of amides is 2. The molecule has 0 saturated heterocycles. The van der Waals surface area contributed by atoms with Crippen LogP contribution in [0.3, 0.4) is 0 Å². The summed E-state index contributed by atoms with van der Waals surface area (Å²) >= 11 is 1.61. The van der Waals surface area contributed by atoms with E-state index in [1.165, 1.54) is 19.4 Å². The van der Waals surface area contributed by atoms with E-state index in [4.69, 9.17) is 16.2 Å². The Morgan fingerprint density at radius 2 is 2.09 bits per heavy atom. The molecule has 10 heteroatoms. The minimum Gasteiger partial charge on any atom is -0.480 e. The smallest absolute Gasteiger partial charge is 0.254 e. The van der Waals surface area contributed by atoms with Crippen LogP contribution in [-0.4, -0.2) is 42.0 Å². The second kappa shape index (κ2) is 11.4. The monoisotopic (exact) mass is 370 g/mol. The van der Waals surface area contributed by atoms with E-state index >= 15 is 0 Å². The fourth-order valence-electron chi connectivity index (χ4n) is 1.47. The highest BCUT2D eigenvalue weighted by Gasteiger charge is 2.16. The molecule has 0 fully saturated rings. The molecule has 22 heavy (non-hydrogen) atoms. The van der Waals surface area contributed by atoms with E-state index in [1.807, 2.05) is 6.26 Å². The van der Waals surface area contributed by atoms with Gasteiger partial charge in [0.15, 0.2) is 0 Å². The summed E-state index contributed by atoms with van der Waals surface area (Å²) in [4.78, 5) is 27.0. The third kappa shape index (κ3) is 6.69. The van der Waals surface area contributed by atoms with Gasteiger partial charge in [-0.2, -0.15) is 11.8 Å². The minimum absolute atomic E-state index is 0. The van der Waals surface area contributed by atoms with Gasteiger partial charge in [-0.15, -0.1) is 24.8 Å². The molecule has 0 radical (unpaired) electrons. The number of pyridine rings is 1. The van der Waals surface area contributed by atoms with Crippen LogP contribution in [0.25, 0.3) is 0 Å². The summed E-state index contributed by atoms with van der Waals surface area (Å²) in [6.07, 6.45) is 3.89. The summed E-state index contributed by atoms with van der Waals surface area (Å²) in [6.45, 7) is 0. The molecule has 0 aliphatic rings. The summed E-state index contributed by atoms with van der Waals surface area (Å²) in [6, 6.07) is 0.800. The number of nitrogens with two attached hydrogens (primary N) is 2. The Morgan fingerprint density at radius 1 is 1.45 bits per heavy atom. The molecule has 0 aliphatic heterocycles. The lowest BCUT2D eigenvalue weighted by Crippen LogP contribution is -2.36. The van der Waals surface area contributed by atoms with Gasteiger partial charge in [-0.25, -0.2) is 4.98 Å². The normalized spacial score (nSPS) is 10.7. The maximum atomic E-state index is 11.8. The number of hydrogen-bond donors (Lipinski definition) is 3. The first kappa shape index (κ1) is 23.1. The van der Waals surface area contributed by atoms with E-state index in [9.17, 15) is 9.59 Å². The molecule has 0 spiro atoms. The zero-order valence-electron chi connectivity index (χ0n) is 12.2. The van der Waals surface area contributed by atoms with Crippen LogP contribution in [-0.2, 0) is 4.79 Å². The van der Waals surface area contributed by atoms with Gasteiger partial charge in [-0.1, -0.05) is 0 Å². The average molecular weight is 371 g/mol. The standard InChI is InChI=1S/C12H18N4O3S.2ClH/c1-19-12-8(10(14)17)5-7(6-15-12)16-11(18)9(13)3-4-20-2;;/h5-6,9H,3-4,13H2,1-2H3,(H2,14,17)(H,16,18);2*1H/t9-;;/m0../s1. The average Bonchev–Trinajstić information content (AvgIpc) is 2.44. The first-order valence-electron chi connectivity index (χ1n) is 5.88. The van der Waals surface area contributed by atoms with E-state index in [0.717, 1.165) is 5.75 Å². The number of methoxy groups -OCH3 is 1. The first-order chi connectivity index (χ1) is 9.49. The van der Waals surface area contributed by atoms with Gasteiger partial charge in [0.2, 0.25) is 11.8 Å². The van der Waals surface area contributed by atoms with Crippen molar-refractivity contribution in [3.8, 4) is 5.88 Å². The van der Waals surface area contributed by atoms with Gasteiger partial charge >= 0.3 is 0 Å². The molecule has 1 aromatic rings. The van der Waals surface area contributed by atoms with Crippen molar-refractivity contribution in [1.29, 1.82) is 0 Å². The predicted octanol–water partition coefficient (Wildman–Crippen LogP) is 1.05. The van der Waals surface area contributed by atoms with Crippen LogP contribution in [0.15, 0.2) is 12.3 Å². The Labute approximate surface area is 145 Å². The predicted molar refractivity (Wildman–Crippen MR) is 93.4 cm³/mol. The van der Waals surface area contributed by atoms with E-state index in [1.54, 1.807) is 11.8 Å². The number of thioether (sulfide) groups is 1. The van der Waals surface area contributed by atoms with Crippen molar-refractivity contribution in [1.82, 2.24) is 4.98 Å². The van der Waals surface area contributed by atoms with Crippen molar-refractivity contribution in [3.63, 3.8) is 0 Å². The van der Waals surface area contributed by atoms with Gasteiger partial charge in [0.1, 0.15) is 5.56 Å². The van der Waals surface area contributed by atoms with E-state index in [0.29, 0.717) is 12.1 Å². The number of nitrogens with zero attached hydrogens (tertiary/aromatic N) is 1. The van der Waals surface area contributed by atoms with Crippen molar-refractivity contribution in [2.24, 2.45) is 11.5 Å². The van der Waals surface area contributed by atoms with Crippen molar-refractivity contribution < 1.29 is 14.3 Å². The number of aromatic nitrogens is 1. The van der Waals surface area contributed by atoms with Crippen molar-refractivity contribution in [2.75, 3.05) is 24.4 Å². The van der Waals surface area contributed by atoms with Crippen LogP contribution < -0.4 is 21.5 Å². The highest BCUT2D eigenvalue weighted by molar-refractivity contribution is 7.98. The number of hydrogen-bond acceptors (Lipinski definition) is 6. The number of carbonyl (C=O) groups is 2. The molecule has 1 heterocycles. The van der Waals surface area contributed by atoms with Crippen LogP contribution in [0.5, 0.6) is 5.88 Å². The van der Waals surface area contributed by atoms with Gasteiger partial charge in [0.25, 0.3) is 5.91 Å². The lowest BCUT2D eigenvalue weighted by atomic mass is 10.2. The number of anilines is 1. The molecule has 126 valence electrons. The van der Waals surface area contributed by atoms with Crippen LogP contribution in [0, 0.1) is 0 Å². The highest BCUT2D eigenvalue weighted by atomic mass is 35.5.